The molecule has 0 spiro atoms. The Bertz CT molecular complexity index is 147. The zero-order valence-corrected chi connectivity index (χ0v) is 7.63. The van der Waals surface area contributed by atoms with Crippen LogP contribution in [0, 0.1) is 0 Å². The molecule has 0 N–H and O–H groups in total. The van der Waals surface area contributed by atoms with Gasteiger partial charge in [0.25, 0.3) is 5.24 Å². The van der Waals surface area contributed by atoms with Gasteiger partial charge in [-0.2, -0.15) is 11.8 Å². The maximum Gasteiger partial charge on any atom is 0.255 e. The Morgan fingerprint density at radius 2 is 2.55 bits per heavy atom. The number of carbonyl (C=O) groups is 1. The number of alkyl halides is 1. The van der Waals surface area contributed by atoms with Crippen LogP contribution in [0.3, 0.4) is 0 Å². The molecule has 1 aliphatic heterocycles. The van der Waals surface area contributed by atoms with E-state index >= 15 is 0 Å². The Hall–Kier alpha value is 0.240. The van der Waals surface area contributed by atoms with Gasteiger partial charge in [-0.1, -0.05) is 0 Å². The van der Waals surface area contributed by atoms with Crippen molar-refractivity contribution in [1.82, 2.24) is 0 Å². The minimum Gasteiger partial charge on any atom is -0.278 e. The average Bonchev–Trinajstić information content (AvgIpc) is 2.39. The number of halogens is 2. The molecule has 0 aromatic carbocycles. The van der Waals surface area contributed by atoms with Gasteiger partial charge in [-0.15, -0.1) is 0 Å². The monoisotopic (exact) mass is 196 g/mol. The van der Waals surface area contributed by atoms with Crippen LogP contribution in [0.5, 0.6) is 0 Å². The summed E-state index contributed by atoms with van der Waals surface area (Å²) in [6, 6.07) is 0. The number of carbonyl (C=O) groups excluding carboxylic acids is 1. The molecule has 1 aliphatic rings. The van der Waals surface area contributed by atoms with E-state index in [4.69, 9.17) is 11.6 Å². The molecule has 1 nitrogen and oxygen atoms in total. The van der Waals surface area contributed by atoms with Gasteiger partial charge in [0.15, 0.2) is 6.17 Å². The quantitative estimate of drug-likeness (QED) is 0.645. The first-order chi connectivity index (χ1) is 5.20. The average molecular weight is 197 g/mol. The van der Waals surface area contributed by atoms with Gasteiger partial charge in [-0.05, 0) is 36.6 Å². The topological polar surface area (TPSA) is 17.1 Å². The highest BCUT2D eigenvalue weighted by Crippen LogP contribution is 2.30. The van der Waals surface area contributed by atoms with Crippen LogP contribution in [-0.4, -0.2) is 22.4 Å². The van der Waals surface area contributed by atoms with E-state index in [0.29, 0.717) is 11.7 Å². The molecule has 4 heteroatoms. The Morgan fingerprint density at radius 3 is 3.00 bits per heavy atom. The van der Waals surface area contributed by atoms with Crippen molar-refractivity contribution in [3.8, 4) is 0 Å². The van der Waals surface area contributed by atoms with Gasteiger partial charge in [0.1, 0.15) is 0 Å². The largest absolute Gasteiger partial charge is 0.278 e. The molecule has 0 amide bonds. The molecule has 0 bridgehead atoms. The first-order valence-electron chi connectivity index (χ1n) is 3.65. The van der Waals surface area contributed by atoms with Gasteiger partial charge in [0.05, 0.1) is 0 Å². The Kier molecular flexibility index (Phi) is 3.66. The molecule has 2 unspecified atom stereocenters. The van der Waals surface area contributed by atoms with Crippen molar-refractivity contribution in [3.05, 3.63) is 0 Å². The van der Waals surface area contributed by atoms with Crippen molar-refractivity contribution < 1.29 is 9.18 Å². The smallest absolute Gasteiger partial charge is 0.255 e. The highest BCUT2D eigenvalue weighted by molar-refractivity contribution is 8.00. The summed E-state index contributed by atoms with van der Waals surface area (Å²) in [5.41, 5.74) is 0. The van der Waals surface area contributed by atoms with Crippen LogP contribution in [-0.2, 0) is 4.79 Å². The summed E-state index contributed by atoms with van der Waals surface area (Å²) >= 11 is 6.72. The molecule has 1 rings (SSSR count). The molecule has 64 valence electrons. The van der Waals surface area contributed by atoms with Gasteiger partial charge in [-0.3, -0.25) is 4.79 Å². The van der Waals surface area contributed by atoms with E-state index in [0.717, 1.165) is 18.6 Å². The van der Waals surface area contributed by atoms with E-state index in [1.165, 1.54) is 0 Å². The Morgan fingerprint density at radius 1 is 1.82 bits per heavy atom. The number of hydrogen-bond acceptors (Lipinski definition) is 2. The lowest BCUT2D eigenvalue weighted by molar-refractivity contribution is -0.116. The molecule has 1 fully saturated rings. The summed E-state index contributed by atoms with van der Waals surface area (Å²) in [5.74, 6) is 1.09. The third-order valence-corrected chi connectivity index (χ3v) is 3.40. The standard InChI is InChI=1S/C7H10ClFOS/c8-7(10)6(9)4-5-2-1-3-11-5/h5-6H,1-4H2. The highest BCUT2D eigenvalue weighted by Gasteiger charge is 2.23. The SMILES string of the molecule is O=C(Cl)C(F)CC1CCCS1. The molecular weight excluding hydrogens is 187 g/mol. The molecule has 1 heterocycles. The van der Waals surface area contributed by atoms with Crippen molar-refractivity contribution in [1.29, 1.82) is 0 Å². The van der Waals surface area contributed by atoms with Crippen molar-refractivity contribution in [2.45, 2.75) is 30.7 Å². The minimum absolute atomic E-state index is 0.299. The van der Waals surface area contributed by atoms with E-state index in [1.54, 1.807) is 11.8 Å². The predicted molar refractivity (Wildman–Crippen MR) is 45.9 cm³/mol. The third-order valence-electron chi connectivity index (χ3n) is 1.74. The second-order valence-electron chi connectivity index (χ2n) is 2.64. The van der Waals surface area contributed by atoms with Crippen molar-refractivity contribution in [3.63, 3.8) is 0 Å². The van der Waals surface area contributed by atoms with Crippen LogP contribution in [0.1, 0.15) is 19.3 Å². The van der Waals surface area contributed by atoms with Crippen LogP contribution >= 0.6 is 23.4 Å². The van der Waals surface area contributed by atoms with Gasteiger partial charge in [0.2, 0.25) is 0 Å². The maximum atomic E-state index is 12.7. The fraction of sp³-hybridized carbons (Fsp3) is 0.857. The molecule has 0 radical (unpaired) electrons. The fourth-order valence-electron chi connectivity index (χ4n) is 1.15. The molecule has 2 atom stereocenters. The van der Waals surface area contributed by atoms with Gasteiger partial charge >= 0.3 is 0 Å². The first-order valence-corrected chi connectivity index (χ1v) is 5.08. The van der Waals surface area contributed by atoms with Crippen molar-refractivity contribution in [2.24, 2.45) is 0 Å². The van der Waals surface area contributed by atoms with E-state index in [2.05, 4.69) is 0 Å². The van der Waals surface area contributed by atoms with Crippen LogP contribution in [0.25, 0.3) is 0 Å². The van der Waals surface area contributed by atoms with E-state index in [1.807, 2.05) is 0 Å². The van der Waals surface area contributed by atoms with Gasteiger partial charge in [-0.25, -0.2) is 4.39 Å². The second kappa shape index (κ2) is 4.31. The Labute approximate surface area is 74.7 Å². The molecule has 1 saturated heterocycles. The molecule has 0 aromatic heterocycles. The van der Waals surface area contributed by atoms with Gasteiger partial charge < -0.3 is 0 Å². The second-order valence-corrected chi connectivity index (χ2v) is 4.42. The predicted octanol–water partition coefficient (Wildman–Crippen LogP) is 2.38. The number of thioether (sulfide) groups is 1. The summed E-state index contributed by atoms with van der Waals surface area (Å²) in [5, 5.41) is -0.537. The maximum absolute atomic E-state index is 12.7. The van der Waals surface area contributed by atoms with Crippen LogP contribution in [0.4, 0.5) is 4.39 Å². The summed E-state index contributed by atoms with van der Waals surface area (Å²) < 4.78 is 12.7. The summed E-state index contributed by atoms with van der Waals surface area (Å²) in [4.78, 5) is 10.3. The number of rotatable bonds is 3. The van der Waals surface area contributed by atoms with E-state index in [9.17, 15) is 9.18 Å². The van der Waals surface area contributed by atoms with E-state index in [-0.39, 0.29) is 0 Å². The zero-order chi connectivity index (χ0) is 8.27. The lowest BCUT2D eigenvalue weighted by atomic mass is 10.1. The summed E-state index contributed by atoms with van der Waals surface area (Å²) in [7, 11) is 0. The zero-order valence-electron chi connectivity index (χ0n) is 6.06. The van der Waals surface area contributed by atoms with Crippen LogP contribution in [0.2, 0.25) is 0 Å². The molecule has 0 aromatic rings. The van der Waals surface area contributed by atoms with Gasteiger partial charge in [0, 0.05) is 5.25 Å². The lowest BCUT2D eigenvalue weighted by Crippen LogP contribution is -2.14. The molecule has 0 aliphatic carbocycles. The van der Waals surface area contributed by atoms with Crippen molar-refractivity contribution in [2.75, 3.05) is 5.75 Å². The third kappa shape index (κ3) is 2.99. The fourth-order valence-corrected chi connectivity index (χ4v) is 2.55. The van der Waals surface area contributed by atoms with Crippen molar-refractivity contribution >= 4 is 28.6 Å². The van der Waals surface area contributed by atoms with Crippen LogP contribution < -0.4 is 0 Å². The molecule has 11 heavy (non-hydrogen) atoms. The number of hydrogen-bond donors (Lipinski definition) is 0. The molecular formula is C7H10ClFOS. The Balaban J connectivity index is 2.23. The first kappa shape index (κ1) is 9.33. The summed E-state index contributed by atoms with van der Waals surface area (Å²) in [6.07, 6.45) is 1.01. The lowest BCUT2D eigenvalue weighted by Gasteiger charge is -2.08. The normalized spacial score (nSPS) is 26.9. The molecule has 0 saturated carbocycles. The van der Waals surface area contributed by atoms with E-state index < -0.39 is 11.4 Å². The highest BCUT2D eigenvalue weighted by atomic mass is 35.5. The minimum atomic E-state index is -1.45. The van der Waals surface area contributed by atoms with Crippen LogP contribution in [0.15, 0.2) is 0 Å². The summed E-state index contributed by atoms with van der Waals surface area (Å²) in [6.45, 7) is 0.